The van der Waals surface area contributed by atoms with Gasteiger partial charge in [-0.2, -0.15) is 9.61 Å². The van der Waals surface area contributed by atoms with Crippen LogP contribution in [0.25, 0.3) is 16.9 Å². The lowest BCUT2D eigenvalue weighted by atomic mass is 10.0. The number of nitrogens with zero attached hydrogens (tertiary/aromatic N) is 3. The van der Waals surface area contributed by atoms with Crippen LogP contribution in [0.15, 0.2) is 66.9 Å². The molecule has 0 saturated heterocycles. The minimum atomic E-state index is -0.264. The van der Waals surface area contributed by atoms with E-state index in [9.17, 15) is 5.11 Å². The van der Waals surface area contributed by atoms with E-state index >= 15 is 0 Å². The summed E-state index contributed by atoms with van der Waals surface area (Å²) in [5.41, 5.74) is 4.31. The highest BCUT2D eigenvalue weighted by atomic mass is 35.5. The molecule has 2 aromatic carbocycles. The molecule has 2 aromatic heterocycles. The lowest BCUT2D eigenvalue weighted by molar-refractivity contribution is 0.276. The number of halogens is 1. The fourth-order valence-corrected chi connectivity index (χ4v) is 3.31. The number of aliphatic hydroxyl groups is 1. The number of hydrogen-bond acceptors (Lipinski definition) is 4. The third kappa shape index (κ3) is 3.41. The van der Waals surface area contributed by atoms with Crippen molar-refractivity contribution in [1.29, 1.82) is 0 Å². The van der Waals surface area contributed by atoms with Gasteiger partial charge in [0.25, 0.3) is 0 Å². The van der Waals surface area contributed by atoms with Crippen LogP contribution in [0.1, 0.15) is 11.6 Å². The summed E-state index contributed by atoms with van der Waals surface area (Å²) in [6.07, 6.45) is 1.78. The quantitative estimate of drug-likeness (QED) is 0.525. The Morgan fingerprint density at radius 3 is 2.59 bits per heavy atom. The largest absolute Gasteiger partial charge is 0.394 e. The van der Waals surface area contributed by atoms with Crippen molar-refractivity contribution in [2.24, 2.45) is 0 Å². The molecule has 0 unspecified atom stereocenters. The zero-order valence-electron chi connectivity index (χ0n) is 14.8. The van der Waals surface area contributed by atoms with Gasteiger partial charge in [-0.25, -0.2) is 4.98 Å². The van der Waals surface area contributed by atoms with Crippen LogP contribution in [0.5, 0.6) is 0 Å². The van der Waals surface area contributed by atoms with Crippen LogP contribution < -0.4 is 10.8 Å². The fourth-order valence-electron chi connectivity index (χ4n) is 3.08. The molecule has 1 atom stereocenters. The Balaban J connectivity index is 1.83. The number of aliphatic hydroxyl groups excluding tert-OH is 1. The van der Waals surface area contributed by atoms with Crippen LogP contribution in [-0.2, 0) is 0 Å². The predicted molar refractivity (Wildman–Crippen MR) is 112 cm³/mol. The van der Waals surface area contributed by atoms with E-state index in [4.69, 9.17) is 16.6 Å². The number of benzene rings is 2. The van der Waals surface area contributed by atoms with E-state index in [-0.39, 0.29) is 12.6 Å². The van der Waals surface area contributed by atoms with Gasteiger partial charge in [0.2, 0.25) is 0 Å². The predicted octanol–water partition coefficient (Wildman–Crippen LogP) is 2.45. The zero-order valence-corrected chi connectivity index (χ0v) is 15.6. The highest BCUT2D eigenvalue weighted by molar-refractivity contribution is 6.36. The van der Waals surface area contributed by atoms with Crippen molar-refractivity contribution < 1.29 is 5.11 Å². The maximum absolute atomic E-state index is 9.92. The summed E-state index contributed by atoms with van der Waals surface area (Å²) in [5.74, 6) is 0.742. The number of fused-ring (bicyclic) bond motifs is 1. The molecule has 0 fully saturated rings. The van der Waals surface area contributed by atoms with Gasteiger partial charge in [0.05, 0.1) is 18.3 Å². The topological polar surface area (TPSA) is 62.5 Å². The van der Waals surface area contributed by atoms with Crippen LogP contribution in [0.3, 0.4) is 0 Å². The Labute approximate surface area is 163 Å². The SMILES string of the molecule is Bc1cnn2c(N[C@H](CO)c3ccccc3)cc(-c3ccccc3Cl)nc12. The Kier molecular flexibility index (Phi) is 4.84. The molecule has 0 radical (unpaired) electrons. The van der Waals surface area contributed by atoms with Gasteiger partial charge in [-0.05, 0) is 17.1 Å². The summed E-state index contributed by atoms with van der Waals surface area (Å²) >= 11 is 6.38. The van der Waals surface area contributed by atoms with Gasteiger partial charge in [0.1, 0.15) is 13.7 Å². The summed E-state index contributed by atoms with van der Waals surface area (Å²) in [6.45, 7) is -0.0461. The van der Waals surface area contributed by atoms with Crippen LogP contribution >= 0.6 is 11.6 Å². The number of rotatable bonds is 5. The summed E-state index contributed by atoms with van der Waals surface area (Å²) < 4.78 is 1.75. The lowest BCUT2D eigenvalue weighted by Gasteiger charge is -2.19. The summed E-state index contributed by atoms with van der Waals surface area (Å²) in [4.78, 5) is 4.75. The molecule has 7 heteroatoms. The van der Waals surface area contributed by atoms with Gasteiger partial charge in [-0.3, -0.25) is 0 Å². The number of hydrogen-bond donors (Lipinski definition) is 2. The van der Waals surface area contributed by atoms with Gasteiger partial charge in [-0.1, -0.05) is 60.1 Å². The van der Waals surface area contributed by atoms with Gasteiger partial charge >= 0.3 is 0 Å². The fraction of sp³-hybridized carbons (Fsp3) is 0.100. The molecule has 0 bridgehead atoms. The second kappa shape index (κ2) is 7.43. The molecular weight excluding hydrogens is 359 g/mol. The Morgan fingerprint density at radius 1 is 1.11 bits per heavy atom. The maximum Gasteiger partial charge on any atom is 0.151 e. The molecule has 4 aromatic rings. The molecule has 0 saturated carbocycles. The molecule has 5 nitrogen and oxygen atoms in total. The third-order valence-corrected chi connectivity index (χ3v) is 4.83. The monoisotopic (exact) mass is 376 g/mol. The average Bonchev–Trinajstić information content (AvgIpc) is 3.08. The van der Waals surface area contributed by atoms with Crippen LogP contribution in [0.4, 0.5) is 5.82 Å². The summed E-state index contributed by atoms with van der Waals surface area (Å²) in [7, 11) is 1.97. The Bertz CT molecular complexity index is 1080. The molecule has 0 spiro atoms. The van der Waals surface area contributed by atoms with E-state index in [2.05, 4.69) is 10.4 Å². The smallest absolute Gasteiger partial charge is 0.151 e. The second-order valence-corrected chi connectivity index (χ2v) is 6.77. The standard InChI is InChI=1S/C20H18BClN4O/c21-15-11-23-26-19(24-18(12-27)13-6-2-1-3-7-13)10-17(25-20(15)26)14-8-4-5-9-16(14)22/h1-11,18,24,27H,12,21H2/t18-/m1/s1. The van der Waals surface area contributed by atoms with E-state index in [1.165, 1.54) is 0 Å². The first-order chi connectivity index (χ1) is 13.2. The highest BCUT2D eigenvalue weighted by Crippen LogP contribution is 2.29. The van der Waals surface area contributed by atoms with Gasteiger partial charge < -0.3 is 10.4 Å². The molecule has 134 valence electrons. The normalized spacial score (nSPS) is 12.2. The van der Waals surface area contributed by atoms with E-state index in [0.717, 1.165) is 33.7 Å². The molecule has 2 heterocycles. The van der Waals surface area contributed by atoms with Gasteiger partial charge in [0.15, 0.2) is 5.65 Å². The van der Waals surface area contributed by atoms with E-state index in [0.29, 0.717) is 5.02 Å². The average molecular weight is 377 g/mol. The van der Waals surface area contributed by atoms with Gasteiger partial charge in [0, 0.05) is 22.8 Å². The van der Waals surface area contributed by atoms with Crippen molar-refractivity contribution in [3.05, 3.63) is 77.4 Å². The van der Waals surface area contributed by atoms with Crippen molar-refractivity contribution in [3.63, 3.8) is 0 Å². The first kappa shape index (κ1) is 17.6. The van der Waals surface area contributed by atoms with Crippen molar-refractivity contribution in [2.45, 2.75) is 6.04 Å². The summed E-state index contributed by atoms with van der Waals surface area (Å²) in [6, 6.07) is 19.1. The third-order valence-electron chi connectivity index (χ3n) is 4.50. The molecule has 0 aliphatic heterocycles. The van der Waals surface area contributed by atoms with Crippen molar-refractivity contribution in [2.75, 3.05) is 11.9 Å². The van der Waals surface area contributed by atoms with Crippen LogP contribution in [0, 0.1) is 0 Å². The second-order valence-electron chi connectivity index (χ2n) is 6.36. The van der Waals surface area contributed by atoms with Crippen molar-refractivity contribution in [1.82, 2.24) is 14.6 Å². The first-order valence-corrected chi connectivity index (χ1v) is 9.08. The molecule has 0 amide bonds. The van der Waals surface area contributed by atoms with E-state index in [1.54, 1.807) is 10.7 Å². The molecule has 2 N–H and O–H groups in total. The van der Waals surface area contributed by atoms with Crippen LogP contribution in [-0.4, -0.2) is 34.2 Å². The molecule has 4 rings (SSSR count). The zero-order chi connectivity index (χ0) is 18.8. The summed E-state index contributed by atoms with van der Waals surface area (Å²) in [5, 5.41) is 18.4. The maximum atomic E-state index is 9.92. The molecular formula is C20H18BClN4O. The van der Waals surface area contributed by atoms with Crippen LogP contribution in [0.2, 0.25) is 5.02 Å². The number of aromatic nitrogens is 3. The Hall–Kier alpha value is -2.83. The van der Waals surface area contributed by atoms with E-state index < -0.39 is 0 Å². The molecule has 27 heavy (non-hydrogen) atoms. The molecule has 0 aliphatic rings. The number of nitrogens with one attached hydrogen (secondary N) is 1. The number of anilines is 1. The van der Waals surface area contributed by atoms with Gasteiger partial charge in [-0.15, -0.1) is 0 Å². The highest BCUT2D eigenvalue weighted by Gasteiger charge is 2.16. The lowest BCUT2D eigenvalue weighted by Crippen LogP contribution is -2.18. The van der Waals surface area contributed by atoms with Crippen molar-refractivity contribution >= 4 is 36.4 Å². The minimum absolute atomic E-state index is 0.0461. The first-order valence-electron chi connectivity index (χ1n) is 8.70. The Morgan fingerprint density at radius 2 is 1.85 bits per heavy atom. The van der Waals surface area contributed by atoms with E-state index in [1.807, 2.05) is 68.5 Å². The minimum Gasteiger partial charge on any atom is -0.394 e. The molecule has 0 aliphatic carbocycles. The van der Waals surface area contributed by atoms with Crippen molar-refractivity contribution in [3.8, 4) is 11.3 Å².